The highest BCUT2D eigenvalue weighted by Crippen LogP contribution is 2.14. The second-order valence-corrected chi connectivity index (χ2v) is 5.63. The third kappa shape index (κ3) is 3.76. The summed E-state index contributed by atoms with van der Waals surface area (Å²) in [7, 11) is -0.903. The normalized spacial score (nSPS) is 14.9. The fourth-order valence-corrected chi connectivity index (χ4v) is 2.62. The fraction of sp³-hybridized carbons (Fsp3) is 0.500. The first-order valence-electron chi connectivity index (χ1n) is 5.22. The van der Waals surface area contributed by atoms with Crippen molar-refractivity contribution in [2.45, 2.75) is 38.1 Å². The van der Waals surface area contributed by atoms with Gasteiger partial charge in [0.25, 0.3) is 0 Å². The molecule has 0 aliphatic rings. The Bertz CT molecular complexity index is 361. The van der Waals surface area contributed by atoms with E-state index in [9.17, 15) is 4.21 Å². The number of hydrogen-bond donors (Lipinski definition) is 1. The molecule has 84 valence electrons. The number of rotatable bonds is 4. The Morgan fingerprint density at radius 3 is 2.53 bits per heavy atom. The first-order valence-corrected chi connectivity index (χ1v) is 6.54. The maximum Gasteiger partial charge on any atom is 0.0530 e. The van der Waals surface area contributed by atoms with E-state index in [0.29, 0.717) is 5.75 Å². The number of nitrogens with two attached hydrogens (primary N) is 1. The smallest absolute Gasteiger partial charge is 0.0530 e. The summed E-state index contributed by atoms with van der Waals surface area (Å²) in [5.41, 5.74) is 8.07. The molecule has 0 radical (unpaired) electrons. The summed E-state index contributed by atoms with van der Waals surface area (Å²) in [5, 5.41) is 0. The van der Waals surface area contributed by atoms with Crippen LogP contribution in [0.5, 0.6) is 0 Å². The van der Waals surface area contributed by atoms with E-state index < -0.39 is 10.8 Å². The van der Waals surface area contributed by atoms with Crippen LogP contribution < -0.4 is 5.73 Å². The van der Waals surface area contributed by atoms with Gasteiger partial charge in [-0.1, -0.05) is 6.07 Å². The van der Waals surface area contributed by atoms with Crippen LogP contribution in [0.25, 0.3) is 0 Å². The minimum absolute atomic E-state index is 0.125. The molecule has 0 bridgehead atoms. The zero-order valence-electron chi connectivity index (χ0n) is 9.62. The second kappa shape index (κ2) is 5.42. The van der Waals surface area contributed by atoms with E-state index >= 15 is 0 Å². The molecule has 0 saturated heterocycles. The molecule has 3 heteroatoms. The lowest BCUT2D eigenvalue weighted by atomic mass is 10.1. The zero-order valence-corrected chi connectivity index (χ0v) is 10.4. The van der Waals surface area contributed by atoms with Crippen LogP contribution >= 0.6 is 0 Å². The van der Waals surface area contributed by atoms with Crippen LogP contribution in [0.3, 0.4) is 0 Å². The Kier molecular flexibility index (Phi) is 4.48. The van der Waals surface area contributed by atoms with E-state index in [-0.39, 0.29) is 6.04 Å². The van der Waals surface area contributed by atoms with Crippen molar-refractivity contribution < 1.29 is 4.21 Å². The zero-order chi connectivity index (χ0) is 11.4. The molecule has 0 aliphatic heterocycles. The van der Waals surface area contributed by atoms with Gasteiger partial charge in [0.15, 0.2) is 0 Å². The summed E-state index contributed by atoms with van der Waals surface area (Å²) in [6.45, 7) is 6.04. The predicted molar refractivity (Wildman–Crippen MR) is 65.5 cm³/mol. The Labute approximate surface area is 94.3 Å². The molecule has 0 spiro atoms. The van der Waals surface area contributed by atoms with Gasteiger partial charge in [-0.3, -0.25) is 4.21 Å². The van der Waals surface area contributed by atoms with Gasteiger partial charge in [-0.25, -0.2) is 0 Å². The van der Waals surface area contributed by atoms with E-state index in [1.54, 1.807) is 0 Å². The highest BCUT2D eigenvalue weighted by atomic mass is 32.2. The van der Waals surface area contributed by atoms with Crippen LogP contribution in [-0.2, 0) is 10.8 Å². The monoisotopic (exact) mass is 225 g/mol. The standard InChI is InChI=1S/C12H19NOS/c1-9-4-5-12(8-10(9)2)15(14)7-6-11(3)13/h4-5,8,11H,6-7,13H2,1-3H3. The van der Waals surface area contributed by atoms with Crippen molar-refractivity contribution in [2.75, 3.05) is 5.75 Å². The summed E-state index contributed by atoms with van der Waals surface area (Å²) in [6.07, 6.45) is 0.805. The molecular weight excluding hydrogens is 206 g/mol. The van der Waals surface area contributed by atoms with Gasteiger partial charge >= 0.3 is 0 Å². The van der Waals surface area contributed by atoms with Crippen molar-refractivity contribution in [3.8, 4) is 0 Å². The molecule has 0 fully saturated rings. The molecule has 2 unspecified atom stereocenters. The highest BCUT2D eigenvalue weighted by molar-refractivity contribution is 7.85. The molecule has 0 aromatic heterocycles. The van der Waals surface area contributed by atoms with Gasteiger partial charge in [0.2, 0.25) is 0 Å². The molecule has 1 aromatic carbocycles. The lowest BCUT2D eigenvalue weighted by molar-refractivity contribution is 0.667. The molecule has 2 nitrogen and oxygen atoms in total. The van der Waals surface area contributed by atoms with Gasteiger partial charge in [-0.2, -0.15) is 0 Å². The van der Waals surface area contributed by atoms with Gasteiger partial charge in [-0.05, 0) is 50.5 Å². The summed E-state index contributed by atoms with van der Waals surface area (Å²) >= 11 is 0. The molecule has 2 atom stereocenters. The lowest BCUT2D eigenvalue weighted by Crippen LogP contribution is -2.17. The van der Waals surface area contributed by atoms with Gasteiger partial charge in [0.1, 0.15) is 0 Å². The van der Waals surface area contributed by atoms with Crippen molar-refractivity contribution in [3.05, 3.63) is 29.3 Å². The minimum Gasteiger partial charge on any atom is -0.328 e. The molecule has 0 heterocycles. The first kappa shape index (κ1) is 12.4. The molecular formula is C12H19NOS. The predicted octanol–water partition coefficient (Wildman–Crippen LogP) is 2.15. The Balaban J connectivity index is 2.70. The van der Waals surface area contributed by atoms with E-state index in [1.165, 1.54) is 11.1 Å². The second-order valence-electron chi connectivity index (χ2n) is 4.06. The number of hydrogen-bond acceptors (Lipinski definition) is 2. The van der Waals surface area contributed by atoms with Crippen LogP contribution in [0.2, 0.25) is 0 Å². The quantitative estimate of drug-likeness (QED) is 0.853. The minimum atomic E-state index is -0.903. The molecule has 15 heavy (non-hydrogen) atoms. The maximum absolute atomic E-state index is 11.9. The van der Waals surface area contributed by atoms with Crippen LogP contribution in [0, 0.1) is 13.8 Å². The Morgan fingerprint density at radius 1 is 1.33 bits per heavy atom. The first-order chi connectivity index (χ1) is 7.00. The van der Waals surface area contributed by atoms with Crippen LogP contribution in [-0.4, -0.2) is 16.0 Å². The van der Waals surface area contributed by atoms with Gasteiger partial charge < -0.3 is 5.73 Å². The summed E-state index contributed by atoms with van der Waals surface area (Å²) in [6, 6.07) is 6.10. The molecule has 0 amide bonds. The largest absolute Gasteiger partial charge is 0.328 e. The van der Waals surface area contributed by atoms with Gasteiger partial charge in [0.05, 0.1) is 10.8 Å². The SMILES string of the molecule is Cc1ccc(S(=O)CCC(C)N)cc1C. The average molecular weight is 225 g/mol. The third-order valence-electron chi connectivity index (χ3n) is 2.50. The van der Waals surface area contributed by atoms with Gasteiger partial charge in [-0.15, -0.1) is 0 Å². The van der Waals surface area contributed by atoms with Crippen molar-refractivity contribution >= 4 is 10.8 Å². The van der Waals surface area contributed by atoms with E-state index in [2.05, 4.69) is 6.92 Å². The van der Waals surface area contributed by atoms with Crippen molar-refractivity contribution in [3.63, 3.8) is 0 Å². The average Bonchev–Trinajstić information content (AvgIpc) is 2.18. The van der Waals surface area contributed by atoms with E-state index in [1.807, 2.05) is 32.0 Å². The number of aryl methyl sites for hydroxylation is 2. The molecule has 1 rings (SSSR count). The van der Waals surface area contributed by atoms with Crippen LogP contribution in [0.4, 0.5) is 0 Å². The van der Waals surface area contributed by atoms with Gasteiger partial charge in [0, 0.05) is 16.7 Å². The van der Waals surface area contributed by atoms with E-state index in [0.717, 1.165) is 11.3 Å². The molecule has 2 N–H and O–H groups in total. The summed E-state index contributed by atoms with van der Waals surface area (Å²) in [5.74, 6) is 0.653. The molecule has 0 aliphatic carbocycles. The molecule has 0 saturated carbocycles. The van der Waals surface area contributed by atoms with Crippen molar-refractivity contribution in [1.82, 2.24) is 0 Å². The van der Waals surface area contributed by atoms with E-state index in [4.69, 9.17) is 5.73 Å². The Hall–Kier alpha value is -0.670. The maximum atomic E-state index is 11.9. The lowest BCUT2D eigenvalue weighted by Gasteiger charge is -2.07. The summed E-state index contributed by atoms with van der Waals surface area (Å²) < 4.78 is 11.9. The Morgan fingerprint density at radius 2 is 2.00 bits per heavy atom. The number of benzene rings is 1. The van der Waals surface area contributed by atoms with Crippen molar-refractivity contribution in [1.29, 1.82) is 0 Å². The third-order valence-corrected chi connectivity index (χ3v) is 3.89. The van der Waals surface area contributed by atoms with Crippen LogP contribution in [0.15, 0.2) is 23.1 Å². The summed E-state index contributed by atoms with van der Waals surface area (Å²) in [4.78, 5) is 0.916. The molecule has 1 aromatic rings. The highest BCUT2D eigenvalue weighted by Gasteiger charge is 2.06. The van der Waals surface area contributed by atoms with Crippen LogP contribution in [0.1, 0.15) is 24.5 Å². The van der Waals surface area contributed by atoms with Crippen molar-refractivity contribution in [2.24, 2.45) is 5.73 Å². The fourth-order valence-electron chi connectivity index (χ4n) is 1.27. The topological polar surface area (TPSA) is 43.1 Å².